The average molecular weight is 452 g/mol. The number of aliphatic carboxylic acids is 2. The predicted molar refractivity (Wildman–Crippen MR) is 105 cm³/mol. The minimum Gasteiger partial charge on any atom is -0.493 e. The highest BCUT2D eigenvalue weighted by atomic mass is 79.9. The molecule has 0 aliphatic rings. The maximum absolute atomic E-state index is 11.9. The topological polar surface area (TPSA) is 155 Å². The van der Waals surface area contributed by atoms with Crippen LogP contribution in [0.1, 0.15) is 17.2 Å². The van der Waals surface area contributed by atoms with E-state index in [-0.39, 0.29) is 22.9 Å². The van der Waals surface area contributed by atoms with Crippen molar-refractivity contribution in [3.05, 3.63) is 52.0 Å². The van der Waals surface area contributed by atoms with Gasteiger partial charge in [0.15, 0.2) is 24.1 Å². The van der Waals surface area contributed by atoms with Crippen LogP contribution in [0.25, 0.3) is 0 Å². The Kier molecular flexibility index (Phi) is 6.83. The van der Waals surface area contributed by atoms with Gasteiger partial charge in [-0.15, -0.1) is 0 Å². The van der Waals surface area contributed by atoms with Gasteiger partial charge in [-0.05, 0) is 36.4 Å². The molecule has 0 bridgehead atoms. The van der Waals surface area contributed by atoms with Crippen LogP contribution in [0.5, 0.6) is 11.5 Å². The SMILES string of the molecule is COc1cc(Br)cc(C(Nc2ccc(C(=N)N)cc2)C(=O)O)c1OCC(=O)O. The number of nitrogens with one attached hydrogen (secondary N) is 2. The van der Waals surface area contributed by atoms with Gasteiger partial charge < -0.3 is 30.7 Å². The lowest BCUT2D eigenvalue weighted by Crippen LogP contribution is -2.22. The number of carboxylic acid groups (broad SMARTS) is 2. The summed E-state index contributed by atoms with van der Waals surface area (Å²) in [5, 5.41) is 28.9. The number of carboxylic acids is 2. The standard InChI is InChI=1S/C18H18BrN3O6/c1-27-13-7-10(19)6-12(16(13)28-8-14(23)24)15(18(25)26)22-11-4-2-9(3-5-11)17(20)21/h2-7,15,22H,8H2,1H3,(H3,20,21)(H,23,24)(H,25,26). The number of anilines is 1. The van der Waals surface area contributed by atoms with Gasteiger partial charge >= 0.3 is 11.9 Å². The Morgan fingerprint density at radius 3 is 2.39 bits per heavy atom. The third-order valence-electron chi connectivity index (χ3n) is 3.67. The van der Waals surface area contributed by atoms with Crippen molar-refractivity contribution >= 4 is 39.4 Å². The van der Waals surface area contributed by atoms with Crippen LogP contribution in [0.15, 0.2) is 40.9 Å². The minimum atomic E-state index is -1.27. The van der Waals surface area contributed by atoms with E-state index in [1.54, 1.807) is 30.3 Å². The highest BCUT2D eigenvalue weighted by Crippen LogP contribution is 2.39. The molecular formula is C18H18BrN3O6. The smallest absolute Gasteiger partial charge is 0.341 e. The van der Waals surface area contributed by atoms with E-state index < -0.39 is 24.6 Å². The lowest BCUT2D eigenvalue weighted by molar-refractivity contribution is -0.139. The summed E-state index contributed by atoms with van der Waals surface area (Å²) in [5.41, 5.74) is 6.54. The summed E-state index contributed by atoms with van der Waals surface area (Å²) in [7, 11) is 1.36. The first-order valence-corrected chi connectivity index (χ1v) is 8.68. The van der Waals surface area contributed by atoms with Crippen LogP contribution in [-0.2, 0) is 9.59 Å². The molecule has 0 amide bonds. The van der Waals surface area contributed by atoms with E-state index in [0.717, 1.165) is 0 Å². The molecule has 0 saturated carbocycles. The fraction of sp³-hybridized carbons (Fsp3) is 0.167. The lowest BCUT2D eigenvalue weighted by atomic mass is 10.0. The van der Waals surface area contributed by atoms with Crippen molar-refractivity contribution in [2.45, 2.75) is 6.04 Å². The highest BCUT2D eigenvalue weighted by Gasteiger charge is 2.27. The summed E-state index contributed by atoms with van der Waals surface area (Å²) in [4.78, 5) is 22.8. The number of rotatable bonds is 9. The number of hydrogen-bond acceptors (Lipinski definition) is 6. The molecule has 148 valence electrons. The fourth-order valence-corrected chi connectivity index (χ4v) is 2.88. The van der Waals surface area contributed by atoms with E-state index in [0.29, 0.717) is 15.7 Å². The van der Waals surface area contributed by atoms with Gasteiger partial charge in [0.1, 0.15) is 5.84 Å². The summed E-state index contributed by atoms with van der Waals surface area (Å²) in [6.07, 6.45) is 0. The molecule has 0 radical (unpaired) electrons. The first kappa shape index (κ1) is 21.0. The molecule has 0 aliphatic carbocycles. The summed E-state index contributed by atoms with van der Waals surface area (Å²) < 4.78 is 11.0. The molecule has 2 rings (SSSR count). The van der Waals surface area contributed by atoms with Crippen molar-refractivity contribution < 1.29 is 29.3 Å². The number of methoxy groups -OCH3 is 1. The summed E-state index contributed by atoms with van der Waals surface area (Å²) in [5.74, 6) is -2.34. The molecule has 2 aromatic carbocycles. The number of hydrogen-bond donors (Lipinski definition) is 5. The zero-order valence-corrected chi connectivity index (χ0v) is 16.3. The quantitative estimate of drug-likeness (QED) is 0.287. The van der Waals surface area contributed by atoms with Crippen molar-refractivity contribution in [3.63, 3.8) is 0 Å². The number of halogens is 1. The van der Waals surface area contributed by atoms with E-state index in [9.17, 15) is 14.7 Å². The van der Waals surface area contributed by atoms with Crippen LogP contribution in [-0.4, -0.2) is 41.7 Å². The molecular weight excluding hydrogens is 434 g/mol. The van der Waals surface area contributed by atoms with Crippen LogP contribution >= 0.6 is 15.9 Å². The van der Waals surface area contributed by atoms with Gasteiger partial charge in [-0.1, -0.05) is 15.9 Å². The first-order chi connectivity index (χ1) is 13.2. The van der Waals surface area contributed by atoms with Gasteiger partial charge in [0.2, 0.25) is 0 Å². The second kappa shape index (κ2) is 9.09. The van der Waals surface area contributed by atoms with Gasteiger partial charge in [-0.2, -0.15) is 0 Å². The van der Waals surface area contributed by atoms with E-state index in [1.807, 2.05) is 0 Å². The molecule has 1 atom stereocenters. The van der Waals surface area contributed by atoms with Crippen molar-refractivity contribution in [1.82, 2.24) is 0 Å². The number of ether oxygens (including phenoxy) is 2. The molecule has 2 aromatic rings. The Bertz CT molecular complexity index is 901. The second-order valence-corrected chi connectivity index (χ2v) is 6.53. The minimum absolute atomic E-state index is 0.00774. The molecule has 0 saturated heterocycles. The number of carbonyl (C=O) groups is 2. The Balaban J connectivity index is 2.46. The maximum atomic E-state index is 11.9. The summed E-state index contributed by atoms with van der Waals surface area (Å²) >= 11 is 3.29. The van der Waals surface area contributed by atoms with Gasteiger partial charge in [0, 0.05) is 21.3 Å². The molecule has 10 heteroatoms. The van der Waals surface area contributed by atoms with Crippen molar-refractivity contribution in [2.75, 3.05) is 19.0 Å². The Labute approximate surface area is 168 Å². The molecule has 0 spiro atoms. The summed E-state index contributed by atoms with van der Waals surface area (Å²) in [6, 6.07) is 8.11. The number of amidine groups is 1. The van der Waals surface area contributed by atoms with E-state index in [1.165, 1.54) is 13.2 Å². The van der Waals surface area contributed by atoms with Gasteiger partial charge in [-0.3, -0.25) is 5.41 Å². The Morgan fingerprint density at radius 1 is 1.25 bits per heavy atom. The highest BCUT2D eigenvalue weighted by molar-refractivity contribution is 9.10. The van der Waals surface area contributed by atoms with Crippen LogP contribution in [0.4, 0.5) is 5.69 Å². The largest absolute Gasteiger partial charge is 0.493 e. The molecule has 0 aromatic heterocycles. The monoisotopic (exact) mass is 451 g/mol. The average Bonchev–Trinajstić information content (AvgIpc) is 2.64. The first-order valence-electron chi connectivity index (χ1n) is 7.88. The van der Waals surface area contributed by atoms with Crippen molar-refractivity contribution in [3.8, 4) is 11.5 Å². The van der Waals surface area contributed by atoms with Crippen LogP contribution in [0, 0.1) is 5.41 Å². The molecule has 9 nitrogen and oxygen atoms in total. The third kappa shape index (κ3) is 5.13. The predicted octanol–water partition coefficient (Wildman–Crippen LogP) is 2.44. The Hall–Kier alpha value is -3.27. The number of nitrogen functional groups attached to an aromatic ring is 1. The van der Waals surface area contributed by atoms with Crippen LogP contribution in [0.2, 0.25) is 0 Å². The maximum Gasteiger partial charge on any atom is 0.341 e. The number of nitrogens with two attached hydrogens (primary N) is 1. The van der Waals surface area contributed by atoms with Gasteiger partial charge in [-0.25, -0.2) is 9.59 Å². The van der Waals surface area contributed by atoms with Gasteiger partial charge in [0.25, 0.3) is 0 Å². The second-order valence-electron chi connectivity index (χ2n) is 5.62. The zero-order valence-electron chi connectivity index (χ0n) is 14.7. The van der Waals surface area contributed by atoms with Crippen LogP contribution in [0.3, 0.4) is 0 Å². The number of benzene rings is 2. The molecule has 1 unspecified atom stereocenters. The Morgan fingerprint density at radius 2 is 1.89 bits per heavy atom. The fourth-order valence-electron chi connectivity index (χ4n) is 2.43. The molecule has 0 aliphatic heterocycles. The summed E-state index contributed by atoms with van der Waals surface area (Å²) in [6.45, 7) is -0.662. The van der Waals surface area contributed by atoms with Crippen LogP contribution < -0.4 is 20.5 Å². The van der Waals surface area contributed by atoms with E-state index in [4.69, 9.17) is 25.7 Å². The van der Waals surface area contributed by atoms with E-state index in [2.05, 4.69) is 21.2 Å². The van der Waals surface area contributed by atoms with Crippen molar-refractivity contribution in [1.29, 1.82) is 5.41 Å². The molecule has 0 heterocycles. The van der Waals surface area contributed by atoms with Gasteiger partial charge in [0.05, 0.1) is 7.11 Å². The lowest BCUT2D eigenvalue weighted by Gasteiger charge is -2.21. The van der Waals surface area contributed by atoms with Crippen molar-refractivity contribution in [2.24, 2.45) is 5.73 Å². The van der Waals surface area contributed by atoms with E-state index >= 15 is 0 Å². The molecule has 6 N–H and O–H groups in total. The zero-order chi connectivity index (χ0) is 20.8. The third-order valence-corrected chi connectivity index (χ3v) is 4.13. The molecule has 28 heavy (non-hydrogen) atoms. The normalized spacial score (nSPS) is 11.4. The molecule has 0 fully saturated rings.